The number of carbonyl (C=O) groups is 1. The average Bonchev–Trinajstić information content (AvgIpc) is 3.51. The van der Waals surface area contributed by atoms with Crippen LogP contribution in [0.15, 0.2) is 41.1 Å². The number of alkyl halides is 3. The molecule has 4 rings (SSSR count). The summed E-state index contributed by atoms with van der Waals surface area (Å²) < 4.78 is 39.5. The maximum atomic E-state index is 13.2. The van der Waals surface area contributed by atoms with E-state index in [2.05, 4.69) is 16.0 Å². The molecule has 0 unspecified atom stereocenters. The molecule has 2 aliphatic carbocycles. The molecule has 1 saturated carbocycles. The fraction of sp³-hybridized carbons (Fsp3) is 0.450. The largest absolute Gasteiger partial charge is 0.451 e. The number of halogens is 3. The van der Waals surface area contributed by atoms with Crippen LogP contribution in [-0.2, 0) is 11.0 Å². The SMILES string of the molecule is O=C(CSc1nc(C(F)(F)F)nc2ccccc12)N(C1=CCCCC1)C1CC1. The summed E-state index contributed by atoms with van der Waals surface area (Å²) in [6, 6.07) is 6.82. The third-order valence-corrected chi connectivity index (χ3v) is 5.89. The van der Waals surface area contributed by atoms with Crippen LogP contribution in [0.3, 0.4) is 0 Å². The van der Waals surface area contributed by atoms with Crippen molar-refractivity contribution < 1.29 is 18.0 Å². The number of carbonyl (C=O) groups excluding carboxylic acids is 1. The monoisotopic (exact) mass is 407 g/mol. The van der Waals surface area contributed by atoms with Gasteiger partial charge in [0.15, 0.2) is 0 Å². The van der Waals surface area contributed by atoms with Crippen molar-refractivity contribution in [2.24, 2.45) is 0 Å². The first kappa shape index (κ1) is 19.2. The predicted molar refractivity (Wildman–Crippen MR) is 102 cm³/mol. The molecule has 0 atom stereocenters. The van der Waals surface area contributed by atoms with Crippen molar-refractivity contribution in [1.29, 1.82) is 0 Å². The summed E-state index contributed by atoms with van der Waals surface area (Å²) in [7, 11) is 0. The summed E-state index contributed by atoms with van der Waals surface area (Å²) in [5.74, 6) is -1.17. The van der Waals surface area contributed by atoms with Gasteiger partial charge in [0.1, 0.15) is 5.03 Å². The number of hydrogen-bond acceptors (Lipinski definition) is 4. The van der Waals surface area contributed by atoms with Gasteiger partial charge in [-0.1, -0.05) is 36.0 Å². The lowest BCUT2D eigenvalue weighted by Gasteiger charge is -2.27. The van der Waals surface area contributed by atoms with Gasteiger partial charge in [0.2, 0.25) is 11.7 Å². The summed E-state index contributed by atoms with van der Waals surface area (Å²) in [4.78, 5) is 22.1. The highest BCUT2D eigenvalue weighted by Crippen LogP contribution is 2.36. The molecule has 1 fully saturated rings. The molecule has 0 saturated heterocycles. The van der Waals surface area contributed by atoms with Crippen LogP contribution in [0.5, 0.6) is 0 Å². The smallest absolute Gasteiger partial charge is 0.313 e. The van der Waals surface area contributed by atoms with Crippen LogP contribution < -0.4 is 0 Å². The molecule has 0 radical (unpaired) electrons. The van der Waals surface area contributed by atoms with Crippen molar-refractivity contribution >= 4 is 28.6 Å². The van der Waals surface area contributed by atoms with Crippen molar-refractivity contribution in [3.8, 4) is 0 Å². The fourth-order valence-corrected chi connectivity index (χ4v) is 4.33. The van der Waals surface area contributed by atoms with E-state index < -0.39 is 12.0 Å². The van der Waals surface area contributed by atoms with Gasteiger partial charge in [-0.05, 0) is 44.6 Å². The Morgan fingerprint density at radius 1 is 1.18 bits per heavy atom. The Bertz CT molecular complexity index is 925. The van der Waals surface area contributed by atoms with Crippen LogP contribution in [0, 0.1) is 0 Å². The van der Waals surface area contributed by atoms with Crippen LogP contribution in [0.1, 0.15) is 44.3 Å². The van der Waals surface area contributed by atoms with Crippen molar-refractivity contribution in [2.75, 3.05) is 5.75 Å². The van der Waals surface area contributed by atoms with E-state index in [4.69, 9.17) is 0 Å². The Kier molecular flexibility index (Phi) is 5.31. The van der Waals surface area contributed by atoms with Crippen molar-refractivity contribution in [3.05, 3.63) is 41.9 Å². The van der Waals surface area contributed by atoms with Crippen LogP contribution in [0.4, 0.5) is 13.2 Å². The van der Waals surface area contributed by atoms with Crippen LogP contribution in [-0.4, -0.2) is 32.6 Å². The molecular weight excluding hydrogens is 387 g/mol. The van der Waals surface area contributed by atoms with Crippen LogP contribution in [0.25, 0.3) is 10.9 Å². The number of thioether (sulfide) groups is 1. The van der Waals surface area contributed by atoms with E-state index >= 15 is 0 Å². The lowest BCUT2D eigenvalue weighted by molar-refractivity contribution is -0.145. The van der Waals surface area contributed by atoms with Gasteiger partial charge in [-0.2, -0.15) is 13.2 Å². The molecule has 0 aliphatic heterocycles. The second-order valence-electron chi connectivity index (χ2n) is 7.09. The molecule has 1 aromatic carbocycles. The third kappa shape index (κ3) is 4.16. The lowest BCUT2D eigenvalue weighted by Crippen LogP contribution is -2.34. The first-order valence-corrected chi connectivity index (χ1v) is 10.4. The molecule has 2 aliphatic rings. The van der Waals surface area contributed by atoms with Gasteiger partial charge in [0, 0.05) is 17.1 Å². The first-order valence-electron chi connectivity index (χ1n) is 9.41. The average molecular weight is 407 g/mol. The van der Waals surface area contributed by atoms with Gasteiger partial charge < -0.3 is 4.90 Å². The second kappa shape index (κ2) is 7.73. The van der Waals surface area contributed by atoms with E-state index in [1.807, 2.05) is 4.90 Å². The van der Waals surface area contributed by atoms with Crippen molar-refractivity contribution in [3.63, 3.8) is 0 Å². The Morgan fingerprint density at radius 3 is 2.64 bits per heavy atom. The zero-order valence-corrected chi connectivity index (χ0v) is 16.0. The van der Waals surface area contributed by atoms with Gasteiger partial charge in [0.05, 0.1) is 11.3 Å². The number of benzene rings is 1. The van der Waals surface area contributed by atoms with E-state index in [1.54, 1.807) is 18.2 Å². The number of hydrogen-bond donors (Lipinski definition) is 0. The third-order valence-electron chi connectivity index (χ3n) is 4.91. The minimum Gasteiger partial charge on any atom is -0.313 e. The number of amides is 1. The highest BCUT2D eigenvalue weighted by atomic mass is 32.2. The van der Waals surface area contributed by atoms with Crippen molar-refractivity contribution in [2.45, 2.75) is 55.8 Å². The summed E-state index contributed by atoms with van der Waals surface area (Å²) in [6.07, 6.45) is 3.55. The zero-order chi connectivity index (χ0) is 19.7. The molecule has 28 heavy (non-hydrogen) atoms. The summed E-state index contributed by atoms with van der Waals surface area (Å²) in [5.41, 5.74) is 1.30. The standard InChI is InChI=1S/C20H20F3N3OS/c21-20(22,23)19-24-16-9-5-4-8-15(16)18(25-19)28-12-17(27)26(14-10-11-14)13-6-2-1-3-7-13/h4-6,8-9,14H,1-3,7,10-12H2. The second-order valence-corrected chi connectivity index (χ2v) is 8.06. The molecule has 148 valence electrons. The van der Waals surface area contributed by atoms with E-state index in [0.717, 1.165) is 56.0 Å². The fourth-order valence-electron chi connectivity index (χ4n) is 3.45. The quantitative estimate of drug-likeness (QED) is 0.506. The molecular formula is C20H20F3N3OS. The van der Waals surface area contributed by atoms with Crippen LogP contribution >= 0.6 is 11.8 Å². The predicted octanol–water partition coefficient (Wildman–Crippen LogP) is 5.19. The van der Waals surface area contributed by atoms with Crippen LogP contribution in [0.2, 0.25) is 0 Å². The number of rotatable bonds is 5. The van der Waals surface area contributed by atoms with Gasteiger partial charge >= 0.3 is 6.18 Å². The highest BCUT2D eigenvalue weighted by molar-refractivity contribution is 8.00. The van der Waals surface area contributed by atoms with Gasteiger partial charge in [-0.3, -0.25) is 4.79 Å². The Labute approximate surface area is 165 Å². The molecule has 1 heterocycles. The maximum Gasteiger partial charge on any atom is 0.451 e. The Hall–Kier alpha value is -2.09. The maximum absolute atomic E-state index is 13.2. The minimum absolute atomic E-state index is 0.0584. The number of nitrogens with zero attached hydrogens (tertiary/aromatic N) is 3. The van der Waals surface area contributed by atoms with E-state index in [-0.39, 0.29) is 28.2 Å². The van der Waals surface area contributed by atoms with E-state index in [1.165, 1.54) is 6.07 Å². The van der Waals surface area contributed by atoms with Crippen molar-refractivity contribution in [1.82, 2.24) is 14.9 Å². The number of aromatic nitrogens is 2. The van der Waals surface area contributed by atoms with Gasteiger partial charge in [-0.25, -0.2) is 9.97 Å². The number of allylic oxidation sites excluding steroid dienone is 2. The summed E-state index contributed by atoms with van der Waals surface area (Å²) >= 11 is 1.06. The molecule has 0 bridgehead atoms. The normalized spacial score (nSPS) is 17.5. The Balaban J connectivity index is 1.57. The lowest BCUT2D eigenvalue weighted by atomic mass is 10.0. The summed E-state index contributed by atoms with van der Waals surface area (Å²) in [6.45, 7) is 0. The molecule has 0 spiro atoms. The molecule has 4 nitrogen and oxygen atoms in total. The molecule has 8 heteroatoms. The minimum atomic E-state index is -4.63. The molecule has 0 N–H and O–H groups in total. The summed E-state index contributed by atoms with van der Waals surface area (Å²) in [5, 5.41) is 0.725. The van der Waals surface area contributed by atoms with E-state index in [0.29, 0.717) is 5.39 Å². The first-order chi connectivity index (χ1) is 13.4. The molecule has 1 amide bonds. The topological polar surface area (TPSA) is 46.1 Å². The number of fused-ring (bicyclic) bond motifs is 1. The van der Waals surface area contributed by atoms with Gasteiger partial charge in [0.25, 0.3) is 0 Å². The van der Waals surface area contributed by atoms with E-state index in [9.17, 15) is 18.0 Å². The molecule has 2 aromatic rings. The Morgan fingerprint density at radius 2 is 1.96 bits per heavy atom. The molecule has 1 aromatic heterocycles. The zero-order valence-electron chi connectivity index (χ0n) is 15.2. The highest BCUT2D eigenvalue weighted by Gasteiger charge is 2.37. The number of para-hydroxylation sites is 1. The van der Waals surface area contributed by atoms with Gasteiger partial charge in [-0.15, -0.1) is 0 Å².